The molecule has 0 aliphatic carbocycles. The maximum atomic E-state index is 14.3. The average molecular weight is 804 g/mol. The summed E-state index contributed by atoms with van der Waals surface area (Å²) in [5.74, 6) is 0.995. The molecule has 0 unspecified atom stereocenters. The van der Waals surface area contributed by atoms with Crippen LogP contribution in [0.1, 0.15) is 99.2 Å². The van der Waals surface area contributed by atoms with Gasteiger partial charge in [-0.05, 0) is 138 Å². The molecule has 0 spiro atoms. The number of fused-ring (bicyclic) bond motifs is 2. The number of pyridine rings is 1. The summed E-state index contributed by atoms with van der Waals surface area (Å²) in [7, 11) is 2.17. The third-order valence-corrected chi connectivity index (χ3v) is 11.3. The number of aryl methyl sites for hydroxylation is 2. The average Bonchev–Trinajstić information content (AvgIpc) is 3.21. The van der Waals surface area contributed by atoms with Crippen LogP contribution >= 0.6 is 0 Å². The van der Waals surface area contributed by atoms with E-state index in [9.17, 15) is 9.59 Å². The number of carbonyl (C=O) groups excluding carboxylic acids is 2. The van der Waals surface area contributed by atoms with Crippen LogP contribution in [0.15, 0.2) is 66.7 Å². The fraction of sp³-hybridized carbons (Fsp3) is 0.490. The maximum Gasteiger partial charge on any atom is 0.410 e. The third kappa shape index (κ3) is 10.5. The van der Waals surface area contributed by atoms with Crippen molar-refractivity contribution in [2.45, 2.75) is 111 Å². The molecular weight excluding hydrogens is 743 g/mol. The van der Waals surface area contributed by atoms with E-state index in [0.29, 0.717) is 44.1 Å². The number of rotatable bonds is 12. The van der Waals surface area contributed by atoms with E-state index < -0.39 is 17.7 Å². The molecule has 1 fully saturated rings. The van der Waals surface area contributed by atoms with Gasteiger partial charge >= 0.3 is 12.1 Å². The number of nitrogens with zero attached hydrogens (tertiary/aromatic N) is 3. The van der Waals surface area contributed by atoms with E-state index in [0.717, 1.165) is 102 Å². The Bertz CT molecular complexity index is 2100. The molecule has 3 aliphatic rings. The highest BCUT2D eigenvalue weighted by Crippen LogP contribution is 2.45. The van der Waals surface area contributed by atoms with Crippen molar-refractivity contribution in [2.75, 3.05) is 40.0 Å². The van der Waals surface area contributed by atoms with Crippen LogP contribution in [0.3, 0.4) is 0 Å². The van der Waals surface area contributed by atoms with E-state index in [4.69, 9.17) is 28.7 Å². The quantitative estimate of drug-likeness (QED) is 0.130. The first-order chi connectivity index (χ1) is 28.3. The summed E-state index contributed by atoms with van der Waals surface area (Å²) in [5.41, 5.74) is 9.90. The van der Waals surface area contributed by atoms with Gasteiger partial charge in [0.1, 0.15) is 12.4 Å². The highest BCUT2D eigenvalue weighted by Gasteiger charge is 2.36. The van der Waals surface area contributed by atoms with Gasteiger partial charge < -0.3 is 33.5 Å². The SMILES string of the molecule is Cc1nc(CN(C)CC2CCOCC2)c(-c2ccc3c(c2)CCN(C(=O)OCc2ccccc2)C3)c(-c2ccc3c(c2)CCCO3)c1[C@H](OC(C)(C)C)C(=O)OC(C)C. The Morgan fingerprint density at radius 3 is 2.39 bits per heavy atom. The molecule has 1 aromatic heterocycles. The molecule has 10 heteroatoms. The molecule has 1 amide bonds. The molecule has 1 saturated heterocycles. The Hall–Kier alpha value is -4.77. The van der Waals surface area contributed by atoms with Crippen molar-refractivity contribution in [3.63, 3.8) is 0 Å². The Morgan fingerprint density at radius 2 is 1.64 bits per heavy atom. The lowest BCUT2D eigenvalue weighted by Gasteiger charge is -2.32. The zero-order chi connectivity index (χ0) is 41.7. The van der Waals surface area contributed by atoms with Crippen LogP contribution in [0.5, 0.6) is 5.75 Å². The molecule has 314 valence electrons. The van der Waals surface area contributed by atoms with Crippen LogP contribution < -0.4 is 4.74 Å². The normalized spacial score (nSPS) is 16.3. The zero-order valence-corrected chi connectivity index (χ0v) is 36.0. The summed E-state index contributed by atoms with van der Waals surface area (Å²) in [4.78, 5) is 37.1. The van der Waals surface area contributed by atoms with Crippen molar-refractivity contribution in [3.8, 4) is 28.0 Å². The van der Waals surface area contributed by atoms with Gasteiger partial charge in [0.05, 0.1) is 24.0 Å². The smallest absolute Gasteiger partial charge is 0.410 e. The van der Waals surface area contributed by atoms with Gasteiger partial charge in [0.25, 0.3) is 0 Å². The summed E-state index contributed by atoms with van der Waals surface area (Å²) >= 11 is 0. The number of hydrogen-bond acceptors (Lipinski definition) is 9. The summed E-state index contributed by atoms with van der Waals surface area (Å²) in [6.45, 7) is 16.7. The number of benzene rings is 3. The van der Waals surface area contributed by atoms with E-state index in [1.165, 1.54) is 5.56 Å². The lowest BCUT2D eigenvalue weighted by molar-refractivity contribution is -0.171. The molecule has 4 aromatic rings. The number of ether oxygens (including phenoxy) is 5. The third-order valence-electron chi connectivity index (χ3n) is 11.3. The van der Waals surface area contributed by atoms with E-state index in [-0.39, 0.29) is 18.8 Å². The fourth-order valence-electron chi connectivity index (χ4n) is 8.58. The number of esters is 1. The monoisotopic (exact) mass is 803 g/mol. The van der Waals surface area contributed by atoms with Crippen LogP contribution in [-0.2, 0) is 56.3 Å². The second-order valence-corrected chi connectivity index (χ2v) is 17.6. The predicted octanol–water partition coefficient (Wildman–Crippen LogP) is 9.41. The van der Waals surface area contributed by atoms with Gasteiger partial charge in [0.15, 0.2) is 6.10 Å². The Labute approximate surface area is 350 Å². The molecule has 4 heterocycles. The minimum atomic E-state index is -1.03. The van der Waals surface area contributed by atoms with Crippen molar-refractivity contribution < 1.29 is 33.3 Å². The van der Waals surface area contributed by atoms with Crippen LogP contribution in [0.2, 0.25) is 0 Å². The first-order valence-electron chi connectivity index (χ1n) is 21.3. The summed E-state index contributed by atoms with van der Waals surface area (Å²) < 4.78 is 30.2. The second-order valence-electron chi connectivity index (χ2n) is 17.6. The van der Waals surface area contributed by atoms with Crippen molar-refractivity contribution in [1.29, 1.82) is 0 Å². The Kier molecular flexibility index (Phi) is 13.4. The summed E-state index contributed by atoms with van der Waals surface area (Å²) in [6.07, 6.45) is 2.91. The van der Waals surface area contributed by atoms with Gasteiger partial charge in [-0.15, -0.1) is 0 Å². The number of carbonyl (C=O) groups is 2. The van der Waals surface area contributed by atoms with Gasteiger partial charge in [0.2, 0.25) is 0 Å². The molecule has 59 heavy (non-hydrogen) atoms. The molecule has 3 aliphatic heterocycles. The minimum Gasteiger partial charge on any atom is -0.493 e. The first kappa shape index (κ1) is 42.4. The lowest BCUT2D eigenvalue weighted by atomic mass is 9.84. The van der Waals surface area contributed by atoms with Crippen LogP contribution in [0.4, 0.5) is 4.79 Å². The van der Waals surface area contributed by atoms with Gasteiger partial charge in [-0.25, -0.2) is 9.59 Å². The van der Waals surface area contributed by atoms with Crippen LogP contribution in [0.25, 0.3) is 22.3 Å². The van der Waals surface area contributed by atoms with Gasteiger partial charge in [0, 0.05) is 56.2 Å². The van der Waals surface area contributed by atoms with Gasteiger partial charge in [-0.2, -0.15) is 0 Å². The van der Waals surface area contributed by atoms with Crippen molar-refractivity contribution >= 4 is 12.1 Å². The minimum absolute atomic E-state index is 0.235. The second kappa shape index (κ2) is 18.7. The molecule has 0 N–H and O–H groups in total. The lowest BCUT2D eigenvalue weighted by Crippen LogP contribution is -2.36. The van der Waals surface area contributed by atoms with Gasteiger partial charge in [-0.3, -0.25) is 4.98 Å². The fourth-order valence-corrected chi connectivity index (χ4v) is 8.58. The van der Waals surface area contributed by atoms with Crippen molar-refractivity contribution in [3.05, 3.63) is 106 Å². The molecule has 10 nitrogen and oxygen atoms in total. The van der Waals surface area contributed by atoms with Gasteiger partial charge in [-0.1, -0.05) is 54.6 Å². The molecule has 0 radical (unpaired) electrons. The highest BCUT2D eigenvalue weighted by atomic mass is 16.6. The molecule has 3 aromatic carbocycles. The predicted molar refractivity (Wildman–Crippen MR) is 229 cm³/mol. The summed E-state index contributed by atoms with van der Waals surface area (Å²) in [5, 5.41) is 0. The van der Waals surface area contributed by atoms with Crippen molar-refractivity contribution in [1.82, 2.24) is 14.8 Å². The topological polar surface area (TPSA) is 99.7 Å². The Morgan fingerprint density at radius 1 is 0.915 bits per heavy atom. The number of hydrogen-bond donors (Lipinski definition) is 0. The van der Waals surface area contributed by atoms with Crippen molar-refractivity contribution in [2.24, 2.45) is 5.92 Å². The number of aromatic nitrogens is 1. The summed E-state index contributed by atoms with van der Waals surface area (Å²) in [6, 6.07) is 22.7. The zero-order valence-electron chi connectivity index (χ0n) is 36.0. The molecule has 1 atom stereocenters. The first-order valence-corrected chi connectivity index (χ1v) is 21.3. The van der Waals surface area contributed by atoms with Crippen LogP contribution in [-0.4, -0.2) is 78.5 Å². The molecule has 0 saturated carbocycles. The molecular formula is C49H61N3O7. The van der Waals surface area contributed by atoms with E-state index >= 15 is 0 Å². The standard InChI is InChI=1S/C49H61N3O7/c1-32(2)58-47(53)46(59-49(4,5)6)43-33(3)50-41(30-51(7)28-34-20-24-55-25-21-34)44(45(43)39-17-18-42-37(27-39)14-11-23-56-42)38-15-16-40-29-52(22-19-36(40)26-38)48(54)57-31-35-12-9-8-10-13-35/h8-10,12-13,15-18,26-27,32,34,46H,11,14,19-25,28-31H2,1-7H3/t46-/m0/s1. The van der Waals surface area contributed by atoms with E-state index in [2.05, 4.69) is 48.3 Å². The van der Waals surface area contributed by atoms with Crippen LogP contribution in [0, 0.1) is 12.8 Å². The number of amides is 1. The molecule has 0 bridgehead atoms. The van der Waals surface area contributed by atoms with E-state index in [1.807, 2.05) is 71.9 Å². The largest absolute Gasteiger partial charge is 0.493 e. The molecule has 7 rings (SSSR count). The Balaban J connectivity index is 1.36. The maximum absolute atomic E-state index is 14.3. The highest BCUT2D eigenvalue weighted by molar-refractivity contribution is 5.92. The van der Waals surface area contributed by atoms with E-state index in [1.54, 1.807) is 4.90 Å².